The number of esters is 9. The summed E-state index contributed by atoms with van der Waals surface area (Å²) in [5, 5.41) is 24.9. The molecule has 3 fully saturated rings. The van der Waals surface area contributed by atoms with E-state index in [9.17, 15) is 102 Å². The van der Waals surface area contributed by atoms with Gasteiger partial charge in [0.25, 0.3) is 0 Å². The fourth-order valence-corrected chi connectivity index (χ4v) is 9.76. The van der Waals surface area contributed by atoms with Gasteiger partial charge in [0.15, 0.2) is 12.6 Å². The zero-order valence-electron chi connectivity index (χ0n) is 70.0. The molecule has 3 amide bonds. The number of halogens is 9. The number of amides is 3. The van der Waals surface area contributed by atoms with Gasteiger partial charge in [-0.15, -0.1) is 0 Å². The van der Waals surface area contributed by atoms with Crippen LogP contribution in [-0.4, -0.2) is 296 Å². The van der Waals surface area contributed by atoms with Crippen LogP contribution in [0.4, 0.5) is 39.5 Å². The molecule has 2 aromatic carbocycles. The number of carboxylic acid groups (broad SMARTS) is 1. The summed E-state index contributed by atoms with van der Waals surface area (Å²) in [6.45, 7) is 17.1. The molecular formula is C73H112F9N3O41S3Sc. The van der Waals surface area contributed by atoms with Crippen molar-refractivity contribution in [1.82, 2.24) is 16.0 Å². The zero-order chi connectivity index (χ0) is 97.4. The van der Waals surface area contributed by atoms with Crippen LogP contribution < -0.4 is 16.0 Å². The number of carboxylic acids is 1. The third kappa shape index (κ3) is 58.8. The molecule has 3 heterocycles. The Bertz CT molecular complexity index is 4010. The maximum absolute atomic E-state index is 11.9. The van der Waals surface area contributed by atoms with Gasteiger partial charge in [-0.1, -0.05) is 104 Å². The van der Waals surface area contributed by atoms with Crippen molar-refractivity contribution in [3.8, 4) is 0 Å². The molecule has 3 aliphatic heterocycles. The monoisotopic (exact) mass is 2000 g/mol. The van der Waals surface area contributed by atoms with Gasteiger partial charge in [-0.05, 0) is 11.1 Å². The molecule has 0 saturated carbocycles. The number of hydrogen-bond acceptors (Lipinski definition) is 37. The van der Waals surface area contributed by atoms with Crippen LogP contribution in [-0.2, 0) is 212 Å². The molecule has 15 atom stereocenters. The Morgan fingerprint density at radius 2 is 0.623 bits per heavy atom. The predicted octanol–water partition coefficient (Wildman–Crippen LogP) is 4.32. The van der Waals surface area contributed by atoms with Gasteiger partial charge in [-0.25, -0.2) is 14.4 Å². The van der Waals surface area contributed by atoms with Crippen LogP contribution in [0.15, 0.2) is 60.7 Å². The number of rotatable bonds is 33. The summed E-state index contributed by atoms with van der Waals surface area (Å²) in [5.41, 5.74) is -14.8. The topological polar surface area (TPSA) is 618 Å². The molecule has 57 heteroatoms. The number of aliphatic carboxylic acids is 1. The van der Waals surface area contributed by atoms with Crippen molar-refractivity contribution < 1.29 is 257 Å². The molecule has 5 rings (SSSR count). The van der Waals surface area contributed by atoms with E-state index in [0.717, 1.165) is 11.1 Å². The van der Waals surface area contributed by atoms with Gasteiger partial charge >= 0.3 is 107 Å². The van der Waals surface area contributed by atoms with E-state index in [0.29, 0.717) is 0 Å². The van der Waals surface area contributed by atoms with E-state index in [-0.39, 0.29) is 146 Å². The maximum Gasteiger partial charge on any atom is 0.522 e. The normalized spacial score (nSPS) is 21.3. The van der Waals surface area contributed by atoms with Crippen molar-refractivity contribution in [1.29, 1.82) is 0 Å². The van der Waals surface area contributed by atoms with E-state index < -0.39 is 210 Å². The van der Waals surface area contributed by atoms with Gasteiger partial charge in [-0.3, -0.25) is 61.6 Å². The Morgan fingerprint density at radius 1 is 0.377 bits per heavy atom. The Morgan fingerprint density at radius 3 is 0.854 bits per heavy atom. The molecule has 0 aliphatic carbocycles. The molecule has 749 valence electrons. The third-order valence-corrected chi connectivity index (χ3v) is 16.9. The van der Waals surface area contributed by atoms with Crippen molar-refractivity contribution in [2.75, 3.05) is 79.3 Å². The summed E-state index contributed by atoms with van der Waals surface area (Å²) in [4.78, 5) is 148. The van der Waals surface area contributed by atoms with E-state index >= 15 is 0 Å². The molecule has 2 aromatic rings. The Balaban J connectivity index is -0.000000367. The molecule has 3 saturated heterocycles. The van der Waals surface area contributed by atoms with E-state index in [1.807, 2.05) is 60.7 Å². The summed E-state index contributed by atoms with van der Waals surface area (Å²) in [6, 6.07) is 16.2. The summed E-state index contributed by atoms with van der Waals surface area (Å²) in [6.07, 6.45) is -7.59. The summed E-state index contributed by atoms with van der Waals surface area (Å²) >= 11 is 0. The maximum atomic E-state index is 11.9. The largest absolute Gasteiger partial charge is 0.522 e. The van der Waals surface area contributed by atoms with Gasteiger partial charge in [0.2, 0.25) is 24.0 Å². The number of aliphatic hydroxyl groups excluding tert-OH is 1. The Kier molecular flexibility index (Phi) is 66.7. The minimum Gasteiger partial charge on any atom is -0.480 e. The molecule has 0 bridgehead atoms. The van der Waals surface area contributed by atoms with Crippen LogP contribution in [0.25, 0.3) is 0 Å². The van der Waals surface area contributed by atoms with Crippen molar-refractivity contribution in [2.24, 2.45) is 17.8 Å². The van der Waals surface area contributed by atoms with Crippen molar-refractivity contribution in [3.63, 3.8) is 0 Å². The molecule has 0 aromatic heterocycles. The number of carbonyl (C=O) groups excluding carboxylic acids is 12. The molecular weight excluding hydrogens is 1890 g/mol. The number of alkyl halides is 9. The smallest absolute Gasteiger partial charge is 0.480 e. The van der Waals surface area contributed by atoms with Crippen LogP contribution in [0.1, 0.15) is 123 Å². The Hall–Kier alpha value is -8.84. The van der Waals surface area contributed by atoms with Gasteiger partial charge < -0.3 is 107 Å². The van der Waals surface area contributed by atoms with Crippen LogP contribution in [0.3, 0.4) is 0 Å². The molecule has 0 spiro atoms. The second-order valence-electron chi connectivity index (χ2n) is 25.7. The summed E-state index contributed by atoms with van der Waals surface area (Å²) in [7, 11) is -17.5. The fraction of sp³-hybridized carbons (Fsp3) is 0.658. The summed E-state index contributed by atoms with van der Waals surface area (Å²) in [5.74, 6) is -8.22. The fourth-order valence-electron chi connectivity index (χ4n) is 9.76. The molecule has 130 heavy (non-hydrogen) atoms. The van der Waals surface area contributed by atoms with Crippen LogP contribution in [0.2, 0.25) is 0 Å². The number of aliphatic hydroxyl groups is 1. The second-order valence-corrected chi connectivity index (χ2v) is 29.9. The van der Waals surface area contributed by atoms with Gasteiger partial charge in [0.1, 0.15) is 108 Å². The van der Waals surface area contributed by atoms with Gasteiger partial charge in [0.05, 0.1) is 39.6 Å². The van der Waals surface area contributed by atoms with Crippen molar-refractivity contribution in [3.05, 3.63) is 71.8 Å². The quantitative estimate of drug-likeness (QED) is 0.0123. The van der Waals surface area contributed by atoms with Crippen LogP contribution in [0, 0.1) is 17.8 Å². The first-order chi connectivity index (χ1) is 58.0. The molecule has 1 unspecified atom stereocenters. The zero-order valence-corrected chi connectivity index (χ0v) is 74.2. The minimum absolute atomic E-state index is 0. The van der Waals surface area contributed by atoms with Crippen LogP contribution in [0.5, 0.6) is 0 Å². The second kappa shape index (κ2) is 65.7. The van der Waals surface area contributed by atoms with Crippen molar-refractivity contribution in [2.45, 2.75) is 216 Å². The molecule has 44 nitrogen and oxygen atoms in total. The first-order valence-corrected chi connectivity index (χ1v) is 40.5. The van der Waals surface area contributed by atoms with Crippen molar-refractivity contribution >= 4 is 108 Å². The van der Waals surface area contributed by atoms with E-state index in [2.05, 4.69) is 16.0 Å². The Labute approximate surface area is 761 Å². The molecule has 8 N–H and O–H groups in total. The van der Waals surface area contributed by atoms with E-state index in [1.54, 1.807) is 20.8 Å². The first-order valence-electron chi connectivity index (χ1n) is 36.1. The van der Waals surface area contributed by atoms with Gasteiger partial charge in [-0.2, -0.15) is 64.8 Å². The van der Waals surface area contributed by atoms with E-state index in [4.69, 9.17) is 130 Å². The summed E-state index contributed by atoms with van der Waals surface area (Å²) < 4.78 is 263. The first kappa shape index (κ1) is 132. The molecule has 3 aliphatic rings. The predicted molar refractivity (Wildman–Crippen MR) is 419 cm³/mol. The number of nitrogens with one attached hydrogen (secondary N) is 3. The SMILES string of the molecule is C.C.C.CC(=O)N[C@H]1C(OC(C)=O)O[C@H](COC(C)=O)[C@H](C)[C@@H]1OC(C)=O.CC(=O)N[C@H]1[C@H](OCCOCC(=O)O)O[C@H](COC(C)=O)[C@H](C)[C@@H]1OC(C)=O.CC(=O)N[C@H]1[C@H](OCCOCC(=O)OCc2ccccc2)O[C@H](COC(C)=O)[C@H](C)[C@@H]1OC(C)=O.O=C(COCCO)OCc1ccccc1.O=S(=O)(O)C(F)(F)F.O=S(=O)(O)C(F)(F)F.O=S(=O)(O)C(F)(F)F.[Sc]. The number of benzene rings is 2. The van der Waals surface area contributed by atoms with Gasteiger partial charge in [0, 0.05) is 113 Å². The van der Waals surface area contributed by atoms with E-state index in [1.165, 1.54) is 69.2 Å². The number of carbonyl (C=O) groups is 13. The average molecular weight is 2000 g/mol. The average Bonchev–Trinajstić information content (AvgIpc) is 0.801. The molecule has 1 radical (unpaired) electrons. The van der Waals surface area contributed by atoms with Crippen LogP contribution >= 0.6 is 0 Å². The minimum atomic E-state index is -5.84. The number of ether oxygens (including phenoxy) is 17. The number of hydrogen-bond donors (Lipinski definition) is 8. The third-order valence-electron chi connectivity index (χ3n) is 15.1. The standard InChI is InChI=1S/C24H33NO10.C17H27NO10.C15H23NO8.C11H14O4.3CHF3O3S.3CH4.Sc/c1-15-20(13-32-17(3)27)35-24(22(25-16(2)26)23(15)34-18(4)28)31-11-10-30-14-21(29)33-12-19-8-6-5-7-9-19;1-9-13(7-26-11(3)20)28-17(25-6-5-24-8-14(22)23)15(18-10(2)19)16(9)27-12(4)21;1-7-12(6-21-9(3)18)24-15(23-11(5)20)13(16-8(2)17)14(7)22-10(4)19;12-6-7-14-9-11(13)15-8-10-4-2-1-3-5-10;3*2-1(3,4)8(5,6)7;;;;/h5-9,15,20,22-24H,10-14H2,1-4H3,(H,25,26);9,13,15-17H,5-8H2,1-4H3,(H,18,19)(H,22,23);7,12-15H,6H2,1-5H3,(H,16,17);1-5,12H,6-9H2;3*(H,5,6,7);3*1H4;/t15-,20+,22+,23-,24+;9-,13+,15+,16-,17+;7-,12+,13+,14-,15?;;;;;;;;/m000......../s1.